The van der Waals surface area contributed by atoms with Gasteiger partial charge in [-0.15, -0.1) is 0 Å². The number of aryl methyl sites for hydroxylation is 1. The molecule has 32 heavy (non-hydrogen) atoms. The number of carbonyl (C=O) groups excluding carboxylic acids is 1. The molecule has 1 heterocycles. The molecule has 4 aromatic carbocycles. The molecule has 0 fully saturated rings. The average molecular weight is 422 g/mol. The number of carbonyl (C=O) groups is 1. The lowest BCUT2D eigenvalue weighted by Gasteiger charge is -2.11. The average Bonchev–Trinajstić information content (AvgIpc) is 3.26. The van der Waals surface area contributed by atoms with E-state index in [9.17, 15) is 4.79 Å². The lowest BCUT2D eigenvalue weighted by atomic mass is 10.1. The second-order valence-corrected chi connectivity index (χ2v) is 7.61. The maximum Gasteiger partial charge on any atom is 0.259 e. The van der Waals surface area contributed by atoms with Crippen molar-refractivity contribution in [2.24, 2.45) is 0 Å². The standard InChI is InChI=1S/C27H22N2O3/c1-3-17-11-12-24-23(13-17)29-27(32-24)20-9-6-10-21(14-20)28-26(30)22-15-18-7-4-5-8-19(18)16-25(22)31-2/h4-16H,3H2,1-2H3,(H,28,30). The number of nitrogens with zero attached hydrogens (tertiary/aromatic N) is 1. The molecule has 5 heteroatoms. The summed E-state index contributed by atoms with van der Waals surface area (Å²) in [5, 5.41) is 4.97. The smallest absolute Gasteiger partial charge is 0.259 e. The monoisotopic (exact) mass is 422 g/mol. The fourth-order valence-corrected chi connectivity index (χ4v) is 3.81. The van der Waals surface area contributed by atoms with Crippen LogP contribution in [0.2, 0.25) is 0 Å². The summed E-state index contributed by atoms with van der Waals surface area (Å²) >= 11 is 0. The van der Waals surface area contributed by atoms with E-state index in [1.807, 2.05) is 78.9 Å². The molecule has 0 radical (unpaired) electrons. The van der Waals surface area contributed by atoms with Gasteiger partial charge in [-0.1, -0.05) is 43.3 Å². The Morgan fingerprint density at radius 1 is 0.969 bits per heavy atom. The molecule has 1 N–H and O–H groups in total. The number of benzene rings is 4. The summed E-state index contributed by atoms with van der Waals surface area (Å²) in [6.07, 6.45) is 0.942. The molecule has 0 aliphatic heterocycles. The molecular formula is C27H22N2O3. The molecule has 5 aromatic rings. The lowest BCUT2D eigenvalue weighted by molar-refractivity contribution is 0.102. The van der Waals surface area contributed by atoms with Crippen LogP contribution in [0.25, 0.3) is 33.3 Å². The SMILES string of the molecule is CCc1ccc2oc(-c3cccc(NC(=O)c4cc5ccccc5cc4OC)c3)nc2c1. The van der Waals surface area contributed by atoms with Gasteiger partial charge in [0.05, 0.1) is 12.7 Å². The minimum Gasteiger partial charge on any atom is -0.496 e. The zero-order valence-electron chi connectivity index (χ0n) is 17.9. The van der Waals surface area contributed by atoms with Crippen LogP contribution in [0, 0.1) is 0 Å². The van der Waals surface area contributed by atoms with E-state index in [1.54, 1.807) is 7.11 Å². The van der Waals surface area contributed by atoms with Gasteiger partial charge in [0.15, 0.2) is 5.58 Å². The van der Waals surface area contributed by atoms with Crippen LogP contribution in [-0.2, 0) is 6.42 Å². The van der Waals surface area contributed by atoms with E-state index in [4.69, 9.17) is 9.15 Å². The molecule has 0 spiro atoms. The van der Waals surface area contributed by atoms with Crippen molar-refractivity contribution in [2.75, 3.05) is 12.4 Å². The van der Waals surface area contributed by atoms with Crippen LogP contribution in [0.3, 0.4) is 0 Å². The van der Waals surface area contributed by atoms with Crippen molar-refractivity contribution in [2.45, 2.75) is 13.3 Å². The highest BCUT2D eigenvalue weighted by Crippen LogP contribution is 2.29. The third-order valence-corrected chi connectivity index (χ3v) is 5.54. The zero-order valence-corrected chi connectivity index (χ0v) is 17.9. The molecule has 0 bridgehead atoms. The maximum absolute atomic E-state index is 13.1. The van der Waals surface area contributed by atoms with Gasteiger partial charge in [-0.25, -0.2) is 4.98 Å². The molecule has 158 valence electrons. The Balaban J connectivity index is 1.45. The quantitative estimate of drug-likeness (QED) is 0.352. The minimum atomic E-state index is -0.241. The Hall–Kier alpha value is -4.12. The van der Waals surface area contributed by atoms with Crippen LogP contribution in [0.15, 0.2) is 83.3 Å². The van der Waals surface area contributed by atoms with Gasteiger partial charge in [-0.3, -0.25) is 4.79 Å². The van der Waals surface area contributed by atoms with Gasteiger partial charge in [0.25, 0.3) is 5.91 Å². The predicted molar refractivity (Wildman–Crippen MR) is 127 cm³/mol. The van der Waals surface area contributed by atoms with Gasteiger partial charge in [-0.05, 0) is 65.2 Å². The van der Waals surface area contributed by atoms with Crippen molar-refractivity contribution < 1.29 is 13.9 Å². The Labute approximate surface area is 185 Å². The molecule has 0 saturated heterocycles. The van der Waals surface area contributed by atoms with E-state index < -0.39 is 0 Å². The summed E-state index contributed by atoms with van der Waals surface area (Å²) in [7, 11) is 1.57. The topological polar surface area (TPSA) is 64.4 Å². The fourth-order valence-electron chi connectivity index (χ4n) is 3.81. The molecule has 5 nitrogen and oxygen atoms in total. The Morgan fingerprint density at radius 3 is 2.56 bits per heavy atom. The highest BCUT2D eigenvalue weighted by atomic mass is 16.5. The zero-order chi connectivity index (χ0) is 22.1. The number of hydrogen-bond acceptors (Lipinski definition) is 4. The van der Waals surface area contributed by atoms with Crippen LogP contribution in [0.1, 0.15) is 22.8 Å². The van der Waals surface area contributed by atoms with Crippen molar-refractivity contribution in [1.82, 2.24) is 4.98 Å². The molecule has 0 aliphatic rings. The van der Waals surface area contributed by atoms with Gasteiger partial charge in [0.1, 0.15) is 11.3 Å². The van der Waals surface area contributed by atoms with Crippen LogP contribution in [-0.4, -0.2) is 18.0 Å². The van der Waals surface area contributed by atoms with Gasteiger partial charge in [-0.2, -0.15) is 0 Å². The van der Waals surface area contributed by atoms with E-state index in [2.05, 4.69) is 17.2 Å². The number of methoxy groups -OCH3 is 1. The van der Waals surface area contributed by atoms with Gasteiger partial charge in [0, 0.05) is 11.3 Å². The van der Waals surface area contributed by atoms with Crippen molar-refractivity contribution >= 4 is 33.5 Å². The number of rotatable bonds is 5. The summed E-state index contributed by atoms with van der Waals surface area (Å²) < 4.78 is 11.4. The first-order valence-corrected chi connectivity index (χ1v) is 10.5. The maximum atomic E-state index is 13.1. The number of ether oxygens (including phenoxy) is 1. The Bertz CT molecular complexity index is 1450. The van der Waals surface area contributed by atoms with Gasteiger partial charge >= 0.3 is 0 Å². The first-order chi connectivity index (χ1) is 15.6. The van der Waals surface area contributed by atoms with Crippen LogP contribution in [0.4, 0.5) is 5.69 Å². The summed E-state index contributed by atoms with van der Waals surface area (Å²) in [6, 6.07) is 25.1. The first-order valence-electron chi connectivity index (χ1n) is 10.5. The second kappa shape index (κ2) is 8.19. The molecule has 1 amide bonds. The highest BCUT2D eigenvalue weighted by Gasteiger charge is 2.15. The largest absolute Gasteiger partial charge is 0.496 e. The van der Waals surface area contributed by atoms with Crippen molar-refractivity contribution in [1.29, 1.82) is 0 Å². The van der Waals surface area contributed by atoms with Gasteiger partial charge in [0.2, 0.25) is 5.89 Å². The molecule has 1 aromatic heterocycles. The molecule has 0 aliphatic carbocycles. The number of fused-ring (bicyclic) bond motifs is 2. The van der Waals surface area contributed by atoms with Crippen LogP contribution in [0.5, 0.6) is 5.75 Å². The number of hydrogen-bond donors (Lipinski definition) is 1. The Kier molecular flexibility index (Phi) is 5.07. The van der Waals surface area contributed by atoms with Crippen LogP contribution < -0.4 is 10.1 Å². The van der Waals surface area contributed by atoms with Crippen molar-refractivity contribution in [3.8, 4) is 17.2 Å². The minimum absolute atomic E-state index is 0.241. The van der Waals surface area contributed by atoms with E-state index >= 15 is 0 Å². The van der Waals surface area contributed by atoms with E-state index in [0.717, 1.165) is 33.9 Å². The first kappa shape index (κ1) is 19.8. The highest BCUT2D eigenvalue weighted by molar-refractivity contribution is 6.09. The molecule has 0 unspecified atom stereocenters. The van der Waals surface area contributed by atoms with E-state index in [0.29, 0.717) is 22.9 Å². The number of anilines is 1. The van der Waals surface area contributed by atoms with E-state index in [1.165, 1.54) is 5.56 Å². The molecule has 0 saturated carbocycles. The second-order valence-electron chi connectivity index (χ2n) is 7.61. The molecule has 0 atom stereocenters. The fraction of sp³-hybridized carbons (Fsp3) is 0.111. The normalized spacial score (nSPS) is 11.1. The number of nitrogens with one attached hydrogen (secondary N) is 1. The molecular weight excluding hydrogens is 400 g/mol. The third-order valence-electron chi connectivity index (χ3n) is 5.54. The van der Waals surface area contributed by atoms with Crippen molar-refractivity contribution in [3.05, 3.63) is 90.0 Å². The Morgan fingerprint density at radius 2 is 1.78 bits per heavy atom. The van der Waals surface area contributed by atoms with Crippen molar-refractivity contribution in [3.63, 3.8) is 0 Å². The summed E-state index contributed by atoms with van der Waals surface area (Å²) in [5.41, 5.74) is 4.71. The molecule has 5 rings (SSSR count). The number of aromatic nitrogens is 1. The summed E-state index contributed by atoms with van der Waals surface area (Å²) in [4.78, 5) is 17.7. The van der Waals surface area contributed by atoms with Gasteiger partial charge < -0.3 is 14.5 Å². The summed E-state index contributed by atoms with van der Waals surface area (Å²) in [5.74, 6) is 0.811. The predicted octanol–water partition coefficient (Wildman–Crippen LogP) is 6.47. The third kappa shape index (κ3) is 3.69. The summed E-state index contributed by atoms with van der Waals surface area (Å²) in [6.45, 7) is 2.11. The number of amides is 1. The number of oxazole rings is 1. The lowest BCUT2D eigenvalue weighted by Crippen LogP contribution is -2.13. The van der Waals surface area contributed by atoms with Crippen LogP contribution >= 0.6 is 0 Å². The van der Waals surface area contributed by atoms with E-state index in [-0.39, 0.29) is 5.91 Å².